The van der Waals surface area contributed by atoms with Crippen molar-refractivity contribution in [2.45, 2.75) is 57.5 Å². The van der Waals surface area contributed by atoms with Crippen LogP contribution in [0.2, 0.25) is 5.02 Å². The molecule has 1 fully saturated rings. The van der Waals surface area contributed by atoms with Gasteiger partial charge in [0.15, 0.2) is 0 Å². The zero-order valence-corrected chi connectivity index (χ0v) is 21.9. The van der Waals surface area contributed by atoms with Gasteiger partial charge in [0.2, 0.25) is 21.8 Å². The number of amides is 2. The number of halogens is 1. The Labute approximate surface area is 213 Å². The molecule has 1 atom stereocenters. The molecule has 0 bridgehead atoms. The molecular weight excluding hydrogens is 486 g/mol. The summed E-state index contributed by atoms with van der Waals surface area (Å²) < 4.78 is 26.3. The van der Waals surface area contributed by atoms with Gasteiger partial charge in [-0.25, -0.2) is 8.42 Å². The molecular formula is C26H34ClN3O4S. The van der Waals surface area contributed by atoms with Gasteiger partial charge in [-0.05, 0) is 49.4 Å². The minimum atomic E-state index is -3.78. The summed E-state index contributed by atoms with van der Waals surface area (Å²) in [6, 6.07) is 15.5. The second-order valence-corrected chi connectivity index (χ2v) is 11.3. The van der Waals surface area contributed by atoms with E-state index in [1.807, 2.05) is 37.3 Å². The average molecular weight is 520 g/mol. The Hall–Kier alpha value is -2.58. The van der Waals surface area contributed by atoms with Gasteiger partial charge in [-0.2, -0.15) is 0 Å². The number of benzene rings is 2. The smallest absolute Gasteiger partial charge is 0.244 e. The van der Waals surface area contributed by atoms with Crippen molar-refractivity contribution in [3.8, 4) is 0 Å². The summed E-state index contributed by atoms with van der Waals surface area (Å²) in [7, 11) is -3.78. The number of sulfonamides is 1. The fourth-order valence-corrected chi connectivity index (χ4v) is 5.53. The first-order valence-corrected chi connectivity index (χ1v) is 14.3. The molecule has 0 heterocycles. The number of nitrogens with one attached hydrogen (secondary N) is 1. The summed E-state index contributed by atoms with van der Waals surface area (Å²) in [5, 5.41) is 3.47. The predicted octanol–water partition coefficient (Wildman–Crippen LogP) is 4.01. The molecule has 2 amide bonds. The van der Waals surface area contributed by atoms with Crippen LogP contribution in [0.3, 0.4) is 0 Å². The van der Waals surface area contributed by atoms with Gasteiger partial charge in [-0.15, -0.1) is 0 Å². The zero-order chi connectivity index (χ0) is 25.4. The van der Waals surface area contributed by atoms with Crippen LogP contribution in [0.1, 0.15) is 44.6 Å². The lowest BCUT2D eigenvalue weighted by atomic mass is 10.1. The highest BCUT2D eigenvalue weighted by Crippen LogP contribution is 2.23. The fourth-order valence-electron chi connectivity index (χ4n) is 4.51. The standard InChI is InChI=1S/C26H34ClN3O4S/c1-3-24(26(32)28-22-13-7-8-14-22)29(17-16-20-10-5-4-6-11-20)25(31)19-30(35(2,33)34)23-15-9-12-21(27)18-23/h4-6,9-12,15,18,22,24H,3,7-8,13-14,16-17,19H2,1-2H3,(H,28,32). The molecule has 9 heteroatoms. The maximum Gasteiger partial charge on any atom is 0.244 e. The minimum absolute atomic E-state index is 0.126. The largest absolute Gasteiger partial charge is 0.352 e. The summed E-state index contributed by atoms with van der Waals surface area (Å²) in [6.07, 6.45) is 6.08. The van der Waals surface area contributed by atoms with Crippen molar-refractivity contribution in [3.63, 3.8) is 0 Å². The molecule has 2 aromatic rings. The molecule has 0 spiro atoms. The molecule has 2 aromatic carbocycles. The van der Waals surface area contributed by atoms with Crippen molar-refractivity contribution < 1.29 is 18.0 Å². The van der Waals surface area contributed by atoms with Crippen molar-refractivity contribution in [1.29, 1.82) is 0 Å². The van der Waals surface area contributed by atoms with Gasteiger partial charge < -0.3 is 10.2 Å². The molecule has 3 rings (SSSR count). The molecule has 1 aliphatic rings. The van der Waals surface area contributed by atoms with E-state index in [0.717, 1.165) is 41.8 Å². The normalized spacial score (nSPS) is 14.9. The zero-order valence-electron chi connectivity index (χ0n) is 20.3. The first-order valence-electron chi connectivity index (χ1n) is 12.1. The third kappa shape index (κ3) is 7.70. The average Bonchev–Trinajstić information content (AvgIpc) is 3.32. The monoisotopic (exact) mass is 519 g/mol. The Bertz CT molecular complexity index is 1100. The van der Waals surface area contributed by atoms with Crippen LogP contribution in [0.4, 0.5) is 5.69 Å². The highest BCUT2D eigenvalue weighted by Gasteiger charge is 2.32. The Morgan fingerprint density at radius 3 is 2.37 bits per heavy atom. The lowest BCUT2D eigenvalue weighted by Crippen LogP contribution is -2.54. The number of nitrogens with zero attached hydrogens (tertiary/aromatic N) is 2. The van der Waals surface area contributed by atoms with E-state index in [1.54, 1.807) is 18.2 Å². The van der Waals surface area contributed by atoms with E-state index in [0.29, 0.717) is 30.1 Å². The lowest BCUT2D eigenvalue weighted by molar-refractivity contribution is -0.139. The molecule has 1 saturated carbocycles. The minimum Gasteiger partial charge on any atom is -0.352 e. The Balaban J connectivity index is 1.86. The number of hydrogen-bond acceptors (Lipinski definition) is 4. The summed E-state index contributed by atoms with van der Waals surface area (Å²) in [4.78, 5) is 28.4. The van der Waals surface area contributed by atoms with Gasteiger partial charge in [0, 0.05) is 17.6 Å². The van der Waals surface area contributed by atoms with Crippen LogP contribution in [-0.4, -0.2) is 56.6 Å². The van der Waals surface area contributed by atoms with Gasteiger partial charge in [0.25, 0.3) is 0 Å². The number of anilines is 1. The molecule has 35 heavy (non-hydrogen) atoms. The highest BCUT2D eigenvalue weighted by molar-refractivity contribution is 7.92. The van der Waals surface area contributed by atoms with Gasteiger partial charge in [-0.3, -0.25) is 13.9 Å². The molecule has 0 radical (unpaired) electrons. The molecule has 7 nitrogen and oxygen atoms in total. The van der Waals surface area contributed by atoms with E-state index in [9.17, 15) is 18.0 Å². The molecule has 1 aliphatic carbocycles. The maximum absolute atomic E-state index is 13.6. The number of hydrogen-bond donors (Lipinski definition) is 1. The number of carbonyl (C=O) groups excluding carboxylic acids is 2. The first kappa shape index (κ1) is 27.0. The van der Waals surface area contributed by atoms with Crippen molar-refractivity contribution in [3.05, 3.63) is 65.2 Å². The van der Waals surface area contributed by atoms with Crippen LogP contribution in [-0.2, 0) is 26.0 Å². The topological polar surface area (TPSA) is 86.8 Å². The molecule has 0 aromatic heterocycles. The lowest BCUT2D eigenvalue weighted by Gasteiger charge is -2.33. The van der Waals surface area contributed by atoms with Crippen LogP contribution < -0.4 is 9.62 Å². The Morgan fingerprint density at radius 2 is 1.77 bits per heavy atom. The summed E-state index contributed by atoms with van der Waals surface area (Å²) >= 11 is 6.08. The van der Waals surface area contributed by atoms with Gasteiger partial charge >= 0.3 is 0 Å². The number of rotatable bonds is 11. The Morgan fingerprint density at radius 1 is 1.09 bits per heavy atom. The van der Waals surface area contributed by atoms with E-state index in [2.05, 4.69) is 5.32 Å². The number of carbonyl (C=O) groups is 2. The van der Waals surface area contributed by atoms with E-state index in [1.165, 1.54) is 11.0 Å². The van der Waals surface area contributed by atoms with Crippen molar-refractivity contribution >= 4 is 39.1 Å². The SMILES string of the molecule is CCC(C(=O)NC1CCCC1)N(CCc1ccccc1)C(=O)CN(c1cccc(Cl)c1)S(C)(=O)=O. The van der Waals surface area contributed by atoms with Crippen LogP contribution in [0.5, 0.6) is 0 Å². The quantitative estimate of drug-likeness (QED) is 0.486. The van der Waals surface area contributed by atoms with E-state index in [4.69, 9.17) is 11.6 Å². The Kier molecular flexibility index (Phi) is 9.57. The van der Waals surface area contributed by atoms with Crippen LogP contribution >= 0.6 is 11.6 Å². The molecule has 1 N–H and O–H groups in total. The third-order valence-electron chi connectivity index (χ3n) is 6.35. The highest BCUT2D eigenvalue weighted by atomic mass is 35.5. The van der Waals surface area contributed by atoms with Gasteiger partial charge in [0.05, 0.1) is 11.9 Å². The second kappa shape index (κ2) is 12.4. The summed E-state index contributed by atoms with van der Waals surface area (Å²) in [6.45, 7) is 1.75. The van der Waals surface area contributed by atoms with Crippen LogP contribution in [0.25, 0.3) is 0 Å². The molecule has 0 saturated heterocycles. The van der Waals surface area contributed by atoms with Crippen LogP contribution in [0, 0.1) is 0 Å². The van der Waals surface area contributed by atoms with E-state index < -0.39 is 28.5 Å². The third-order valence-corrected chi connectivity index (χ3v) is 7.72. The molecule has 190 valence electrons. The maximum atomic E-state index is 13.6. The molecule has 0 aliphatic heterocycles. The summed E-state index contributed by atoms with van der Waals surface area (Å²) in [5.41, 5.74) is 1.34. The van der Waals surface area contributed by atoms with Crippen LogP contribution in [0.15, 0.2) is 54.6 Å². The summed E-state index contributed by atoms with van der Waals surface area (Å²) in [5.74, 6) is -0.616. The fraction of sp³-hybridized carbons (Fsp3) is 0.462. The first-order chi connectivity index (χ1) is 16.7. The van der Waals surface area contributed by atoms with E-state index in [-0.39, 0.29) is 11.9 Å². The van der Waals surface area contributed by atoms with Crippen molar-refractivity contribution in [1.82, 2.24) is 10.2 Å². The van der Waals surface area contributed by atoms with Gasteiger partial charge in [-0.1, -0.05) is 67.8 Å². The van der Waals surface area contributed by atoms with Gasteiger partial charge in [0.1, 0.15) is 12.6 Å². The van der Waals surface area contributed by atoms with E-state index >= 15 is 0 Å². The predicted molar refractivity (Wildman–Crippen MR) is 140 cm³/mol. The van der Waals surface area contributed by atoms with Crippen molar-refractivity contribution in [2.24, 2.45) is 0 Å². The molecule has 1 unspecified atom stereocenters. The second-order valence-electron chi connectivity index (χ2n) is 8.99. The van der Waals surface area contributed by atoms with Crippen molar-refractivity contribution in [2.75, 3.05) is 23.7 Å².